The average Bonchev–Trinajstić information content (AvgIpc) is 2.03. The Morgan fingerprint density at radius 3 is 2.00 bits per heavy atom. The Bertz CT molecular complexity index is 71.3. The summed E-state index contributed by atoms with van der Waals surface area (Å²) in [6.07, 6.45) is 5.40. The first-order valence-corrected chi connectivity index (χ1v) is 5.07. The van der Waals surface area contributed by atoms with Crippen LogP contribution in [-0.4, -0.2) is 24.5 Å². The van der Waals surface area contributed by atoms with Gasteiger partial charge in [-0.2, -0.15) is 0 Å². The number of unbranched alkanes of at least 4 members (excludes halogenated alkanes) is 2. The van der Waals surface area contributed by atoms with Crippen LogP contribution in [0.2, 0.25) is 0 Å². The molecule has 0 aliphatic heterocycles. The monoisotopic (exact) mass is 157 g/mol. The van der Waals surface area contributed by atoms with E-state index in [-0.39, 0.29) is 0 Å². The highest BCUT2D eigenvalue weighted by Gasteiger charge is 1.98. The van der Waals surface area contributed by atoms with Gasteiger partial charge in [-0.15, -0.1) is 0 Å². The summed E-state index contributed by atoms with van der Waals surface area (Å²) in [6.45, 7) is 10.6. The summed E-state index contributed by atoms with van der Waals surface area (Å²) in [6, 6.07) is 0. The van der Waals surface area contributed by atoms with Gasteiger partial charge in [0.25, 0.3) is 0 Å². The second-order valence-electron chi connectivity index (χ2n) is 3.14. The SMILES string of the molecule is CCCCCN(CC)CCC. The minimum absolute atomic E-state index is 1.22. The lowest BCUT2D eigenvalue weighted by Gasteiger charge is -2.18. The predicted octanol–water partition coefficient (Wildman–Crippen LogP) is 2.91. The molecule has 0 atom stereocenters. The summed E-state index contributed by atoms with van der Waals surface area (Å²) in [7, 11) is 0. The smallest absolute Gasteiger partial charge is 0.00189 e. The molecule has 0 heterocycles. The van der Waals surface area contributed by atoms with Crippen LogP contribution < -0.4 is 0 Å². The van der Waals surface area contributed by atoms with Gasteiger partial charge in [-0.25, -0.2) is 0 Å². The zero-order valence-electron chi connectivity index (χ0n) is 8.40. The van der Waals surface area contributed by atoms with E-state index < -0.39 is 0 Å². The van der Waals surface area contributed by atoms with Crippen LogP contribution in [-0.2, 0) is 0 Å². The van der Waals surface area contributed by atoms with Crippen LogP contribution in [0.4, 0.5) is 0 Å². The maximum atomic E-state index is 2.54. The zero-order valence-corrected chi connectivity index (χ0v) is 8.40. The molecule has 0 amide bonds. The van der Waals surface area contributed by atoms with Gasteiger partial charge >= 0.3 is 0 Å². The molecule has 1 nitrogen and oxygen atoms in total. The van der Waals surface area contributed by atoms with Crippen LogP contribution in [0, 0.1) is 0 Å². The van der Waals surface area contributed by atoms with Crippen molar-refractivity contribution in [2.75, 3.05) is 19.6 Å². The zero-order chi connectivity index (χ0) is 8.53. The summed E-state index contributed by atoms with van der Waals surface area (Å²) in [5, 5.41) is 0. The molecule has 0 bridgehead atoms. The quantitative estimate of drug-likeness (QED) is 0.514. The van der Waals surface area contributed by atoms with Crippen molar-refractivity contribution in [3.8, 4) is 0 Å². The predicted molar refractivity (Wildman–Crippen MR) is 51.9 cm³/mol. The van der Waals surface area contributed by atoms with Crippen molar-refractivity contribution in [2.45, 2.75) is 46.5 Å². The Labute approximate surface area is 71.8 Å². The fourth-order valence-corrected chi connectivity index (χ4v) is 1.33. The van der Waals surface area contributed by atoms with Gasteiger partial charge in [-0.1, -0.05) is 33.6 Å². The molecule has 68 valence electrons. The van der Waals surface area contributed by atoms with Gasteiger partial charge in [0, 0.05) is 0 Å². The molecule has 1 heteroatoms. The number of hydrogen-bond donors (Lipinski definition) is 0. The van der Waals surface area contributed by atoms with Gasteiger partial charge in [-0.3, -0.25) is 0 Å². The van der Waals surface area contributed by atoms with E-state index in [1.54, 1.807) is 0 Å². The first-order chi connectivity index (χ1) is 5.35. The average molecular weight is 157 g/mol. The minimum Gasteiger partial charge on any atom is -0.304 e. The van der Waals surface area contributed by atoms with Crippen molar-refractivity contribution in [1.29, 1.82) is 0 Å². The third kappa shape index (κ3) is 6.36. The van der Waals surface area contributed by atoms with E-state index >= 15 is 0 Å². The third-order valence-electron chi connectivity index (χ3n) is 2.06. The summed E-state index contributed by atoms with van der Waals surface area (Å²) in [5.41, 5.74) is 0. The maximum absolute atomic E-state index is 2.54. The molecular formula is C10H23N. The van der Waals surface area contributed by atoms with Crippen LogP contribution in [0.15, 0.2) is 0 Å². The van der Waals surface area contributed by atoms with Gasteiger partial charge in [0.1, 0.15) is 0 Å². The molecule has 0 aliphatic rings. The summed E-state index contributed by atoms with van der Waals surface area (Å²) in [5.74, 6) is 0. The first kappa shape index (κ1) is 11.0. The molecule has 0 fully saturated rings. The normalized spacial score (nSPS) is 10.9. The largest absolute Gasteiger partial charge is 0.304 e. The van der Waals surface area contributed by atoms with Gasteiger partial charge in [0.05, 0.1) is 0 Å². The molecule has 0 aliphatic carbocycles. The highest BCUT2D eigenvalue weighted by Crippen LogP contribution is 1.98. The lowest BCUT2D eigenvalue weighted by atomic mass is 10.2. The number of nitrogens with zero attached hydrogens (tertiary/aromatic N) is 1. The first-order valence-electron chi connectivity index (χ1n) is 5.07. The molecule has 0 aromatic heterocycles. The second-order valence-corrected chi connectivity index (χ2v) is 3.14. The Balaban J connectivity index is 3.20. The molecule has 0 unspecified atom stereocenters. The van der Waals surface area contributed by atoms with Crippen LogP contribution in [0.3, 0.4) is 0 Å². The maximum Gasteiger partial charge on any atom is -0.00189 e. The summed E-state index contributed by atoms with van der Waals surface area (Å²) < 4.78 is 0. The molecule has 11 heavy (non-hydrogen) atoms. The Kier molecular flexibility index (Phi) is 8.03. The fourth-order valence-electron chi connectivity index (χ4n) is 1.33. The van der Waals surface area contributed by atoms with Crippen LogP contribution in [0.25, 0.3) is 0 Å². The molecule has 0 saturated heterocycles. The lowest BCUT2D eigenvalue weighted by molar-refractivity contribution is 0.282. The molecular weight excluding hydrogens is 134 g/mol. The van der Waals surface area contributed by atoms with E-state index in [1.165, 1.54) is 45.3 Å². The highest BCUT2D eigenvalue weighted by atomic mass is 15.1. The van der Waals surface area contributed by atoms with E-state index in [2.05, 4.69) is 25.7 Å². The topological polar surface area (TPSA) is 3.24 Å². The van der Waals surface area contributed by atoms with Crippen LogP contribution >= 0.6 is 0 Å². The van der Waals surface area contributed by atoms with Gasteiger partial charge in [0.2, 0.25) is 0 Å². The summed E-state index contributed by atoms with van der Waals surface area (Å²) >= 11 is 0. The molecule has 0 spiro atoms. The van der Waals surface area contributed by atoms with E-state index in [9.17, 15) is 0 Å². The van der Waals surface area contributed by atoms with E-state index in [1.807, 2.05) is 0 Å². The molecule has 0 radical (unpaired) electrons. The third-order valence-corrected chi connectivity index (χ3v) is 2.06. The minimum atomic E-state index is 1.22. The van der Waals surface area contributed by atoms with Crippen molar-refractivity contribution in [3.63, 3.8) is 0 Å². The number of rotatable bonds is 7. The molecule has 0 aromatic rings. The standard InChI is InChI=1S/C10H23N/c1-4-7-8-10-11(6-3)9-5-2/h4-10H2,1-3H3. The van der Waals surface area contributed by atoms with Gasteiger partial charge < -0.3 is 4.90 Å². The Morgan fingerprint density at radius 1 is 0.818 bits per heavy atom. The van der Waals surface area contributed by atoms with Crippen molar-refractivity contribution in [2.24, 2.45) is 0 Å². The lowest BCUT2D eigenvalue weighted by Crippen LogP contribution is -2.25. The van der Waals surface area contributed by atoms with E-state index in [0.717, 1.165) is 0 Å². The van der Waals surface area contributed by atoms with Gasteiger partial charge in [0.15, 0.2) is 0 Å². The van der Waals surface area contributed by atoms with Crippen molar-refractivity contribution in [3.05, 3.63) is 0 Å². The van der Waals surface area contributed by atoms with E-state index in [0.29, 0.717) is 0 Å². The van der Waals surface area contributed by atoms with Crippen molar-refractivity contribution >= 4 is 0 Å². The van der Waals surface area contributed by atoms with Crippen LogP contribution in [0.5, 0.6) is 0 Å². The Hall–Kier alpha value is -0.0400. The number of hydrogen-bond acceptors (Lipinski definition) is 1. The van der Waals surface area contributed by atoms with Crippen LogP contribution in [0.1, 0.15) is 46.5 Å². The van der Waals surface area contributed by atoms with E-state index in [4.69, 9.17) is 0 Å². The molecule has 0 N–H and O–H groups in total. The fraction of sp³-hybridized carbons (Fsp3) is 1.00. The van der Waals surface area contributed by atoms with Crippen molar-refractivity contribution < 1.29 is 0 Å². The van der Waals surface area contributed by atoms with Gasteiger partial charge in [-0.05, 0) is 32.5 Å². The molecule has 0 saturated carbocycles. The summed E-state index contributed by atoms with van der Waals surface area (Å²) in [4.78, 5) is 2.54. The molecule has 0 rings (SSSR count). The highest BCUT2D eigenvalue weighted by molar-refractivity contribution is 4.53. The van der Waals surface area contributed by atoms with Crippen molar-refractivity contribution in [1.82, 2.24) is 4.90 Å². The Morgan fingerprint density at radius 2 is 1.55 bits per heavy atom. The second kappa shape index (κ2) is 8.06. The molecule has 0 aromatic carbocycles.